The molecule has 1 saturated carbocycles. The summed E-state index contributed by atoms with van der Waals surface area (Å²) in [5.74, 6) is 2.88. The number of aryl methyl sites for hydroxylation is 2. The van der Waals surface area contributed by atoms with Crippen LogP contribution in [0, 0.1) is 20.8 Å². The van der Waals surface area contributed by atoms with Gasteiger partial charge < -0.3 is 24.3 Å². The molecule has 1 amide bonds. The van der Waals surface area contributed by atoms with Gasteiger partial charge >= 0.3 is 0 Å². The van der Waals surface area contributed by atoms with Crippen LogP contribution in [-0.4, -0.2) is 115 Å². The molecule has 17 heteroatoms. The third kappa shape index (κ3) is 7.53. The van der Waals surface area contributed by atoms with Gasteiger partial charge in [-0.3, -0.25) is 19.3 Å². The first-order valence-electron chi connectivity index (χ1n) is 21.0. The van der Waals surface area contributed by atoms with Crippen LogP contribution >= 0.6 is 34.5 Å². The largest absolute Gasteiger partial charge is 0.480 e. The first kappa shape index (κ1) is 40.0. The Morgan fingerprint density at radius 3 is 2.41 bits per heavy atom. The Labute approximate surface area is 367 Å². The van der Waals surface area contributed by atoms with E-state index in [1.54, 1.807) is 18.4 Å². The number of pyridine rings is 2. The Hall–Kier alpha value is -5.09. The number of nitrogens with zero attached hydrogens (tertiary/aromatic N) is 10. The van der Waals surface area contributed by atoms with E-state index in [1.807, 2.05) is 54.3 Å². The highest BCUT2D eigenvalue weighted by atomic mass is 35.5. The minimum Gasteiger partial charge on any atom is -0.480 e. The minimum atomic E-state index is -0.486. The number of carbonyl (C=O) groups excluding carboxylic acids is 1. The number of rotatable bonds is 9. The zero-order chi connectivity index (χ0) is 41.9. The van der Waals surface area contributed by atoms with E-state index in [2.05, 4.69) is 48.4 Å². The summed E-state index contributed by atoms with van der Waals surface area (Å²) in [4.78, 5) is 45.0. The predicted octanol–water partition coefficient (Wildman–Crippen LogP) is 7.93. The quantitative estimate of drug-likeness (QED) is 0.152. The van der Waals surface area contributed by atoms with E-state index in [0.29, 0.717) is 63.8 Å². The lowest BCUT2D eigenvalue weighted by molar-refractivity contribution is -0.133. The summed E-state index contributed by atoms with van der Waals surface area (Å²) in [7, 11) is 1.62. The number of piperidine rings is 1. The molecule has 3 fully saturated rings. The number of methoxy groups -OCH3 is 1. The summed E-state index contributed by atoms with van der Waals surface area (Å²) < 4.78 is 13.9. The molecule has 6 aromatic rings. The number of amides is 1. The van der Waals surface area contributed by atoms with Gasteiger partial charge in [-0.15, -0.1) is 21.5 Å². The molecule has 1 atom stereocenters. The summed E-state index contributed by atoms with van der Waals surface area (Å²) in [6.07, 6.45) is 5.67. The van der Waals surface area contributed by atoms with Gasteiger partial charge in [0.1, 0.15) is 28.8 Å². The number of aliphatic imine (C=N–C) groups is 1. The van der Waals surface area contributed by atoms with Crippen LogP contribution in [0.15, 0.2) is 47.5 Å². The van der Waals surface area contributed by atoms with Crippen LogP contribution in [0.3, 0.4) is 0 Å². The van der Waals surface area contributed by atoms with Crippen LogP contribution in [0.5, 0.6) is 11.9 Å². The smallest absolute Gasteiger partial charge is 0.296 e. The van der Waals surface area contributed by atoms with E-state index >= 15 is 0 Å². The zero-order valence-corrected chi connectivity index (χ0v) is 36.9. The Kier molecular flexibility index (Phi) is 10.7. The average molecular weight is 881 g/mol. The van der Waals surface area contributed by atoms with Gasteiger partial charge in [-0.1, -0.05) is 35.3 Å². The lowest BCUT2D eigenvalue weighted by atomic mass is 9.96. The highest BCUT2D eigenvalue weighted by molar-refractivity contribution is 7.15. The fourth-order valence-electron chi connectivity index (χ4n) is 8.95. The van der Waals surface area contributed by atoms with Gasteiger partial charge in [-0.05, 0) is 88.8 Å². The number of carbonyl (C=O) groups is 1. The van der Waals surface area contributed by atoms with Gasteiger partial charge in [-0.2, -0.15) is 9.97 Å². The molecule has 61 heavy (non-hydrogen) atoms. The Balaban J connectivity index is 0.783. The van der Waals surface area contributed by atoms with Crippen LogP contribution in [0.25, 0.3) is 27.4 Å². The number of ether oxygens (including phenoxy) is 2. The van der Waals surface area contributed by atoms with Crippen molar-refractivity contribution in [2.24, 2.45) is 4.99 Å². The van der Waals surface area contributed by atoms with E-state index < -0.39 is 6.04 Å². The monoisotopic (exact) mass is 879 g/mol. The van der Waals surface area contributed by atoms with E-state index in [0.717, 1.165) is 90.9 Å². The molecule has 0 bridgehead atoms. The van der Waals surface area contributed by atoms with E-state index in [9.17, 15) is 4.79 Å². The molecule has 1 aliphatic carbocycles. The molecule has 14 nitrogen and oxygen atoms in total. The number of fused-ring (bicyclic) bond motifs is 4. The summed E-state index contributed by atoms with van der Waals surface area (Å²) in [5, 5.41) is 11.3. The fraction of sp³-hybridized carbons (Fsp3) is 0.432. The third-order valence-electron chi connectivity index (χ3n) is 12.7. The average Bonchev–Trinajstić information content (AvgIpc) is 3.90. The first-order valence-corrected chi connectivity index (χ1v) is 22.6. The lowest BCUT2D eigenvalue weighted by Gasteiger charge is -2.43. The van der Waals surface area contributed by atoms with Crippen molar-refractivity contribution in [2.45, 2.75) is 77.5 Å². The van der Waals surface area contributed by atoms with Gasteiger partial charge in [-0.25, -0.2) is 4.98 Å². The number of nitrogens with one attached hydrogen (secondary N) is 1. The number of aromatic nitrogens is 7. The molecule has 3 aliphatic heterocycles. The second-order valence-corrected chi connectivity index (χ2v) is 18.4. The van der Waals surface area contributed by atoms with Crippen molar-refractivity contribution >= 4 is 63.1 Å². The molecule has 1 N–H and O–H groups in total. The second kappa shape index (κ2) is 16.3. The second-order valence-electron chi connectivity index (χ2n) is 16.4. The standard InChI is InChI=1S/C44H47Cl2N11O3S/c1-24-25(2)61-43-37(24)38(27-8-10-28(45)11-9-27)47-34(41-53-52-26(3)57(41)43)23-36(58)56-20-18-54(19-21-56)29-14-16-55(17-15-29)35-13-12-31(42(49-35)59-4)39-32(46)22-33-40(50-39)51-44(48-33)60-30-6-5-7-30/h8-13,22,29-30,34H,5-7,14-21,23H2,1-4H3,(H,48,50,51)/t34-/m0/s1. The van der Waals surface area contributed by atoms with E-state index in [4.69, 9.17) is 47.6 Å². The van der Waals surface area contributed by atoms with Gasteiger partial charge in [0.05, 0.1) is 41.0 Å². The number of imidazole rings is 1. The fourth-order valence-corrected chi connectivity index (χ4v) is 10.5. The molecule has 1 aromatic carbocycles. The van der Waals surface area contributed by atoms with Crippen LogP contribution < -0.4 is 14.4 Å². The summed E-state index contributed by atoms with van der Waals surface area (Å²) >= 11 is 14.8. The van der Waals surface area contributed by atoms with E-state index in [1.165, 1.54) is 16.9 Å². The molecule has 0 radical (unpaired) electrons. The number of hydrogen-bond acceptors (Lipinski definition) is 12. The molecule has 10 rings (SSSR count). The SMILES string of the molecule is COc1nc(N2CCC(N3CCN(C(=O)C[C@@H]4N=C(c5ccc(Cl)cc5)c5c(sc(C)c5C)-n5c(C)nnc54)CC3)CC2)ccc1-c1nc2nc(OC3CCC3)[nH]c2cc1Cl. The van der Waals surface area contributed by atoms with Crippen molar-refractivity contribution in [1.29, 1.82) is 0 Å². The summed E-state index contributed by atoms with van der Waals surface area (Å²) in [6, 6.07) is 14.0. The number of hydrogen-bond donors (Lipinski definition) is 1. The topological polar surface area (TPSA) is 143 Å². The molecule has 2 saturated heterocycles. The summed E-state index contributed by atoms with van der Waals surface area (Å²) in [6.45, 7) is 11.0. The number of benzene rings is 1. The van der Waals surface area contributed by atoms with E-state index in [-0.39, 0.29) is 18.4 Å². The van der Waals surface area contributed by atoms with Gasteiger partial charge in [0.25, 0.3) is 6.01 Å². The highest BCUT2D eigenvalue weighted by Gasteiger charge is 2.35. The maximum atomic E-state index is 14.1. The predicted molar refractivity (Wildman–Crippen MR) is 238 cm³/mol. The third-order valence-corrected chi connectivity index (χ3v) is 14.5. The molecular formula is C44H47Cl2N11O3S. The van der Waals surface area contributed by atoms with Crippen molar-refractivity contribution < 1.29 is 14.3 Å². The number of H-pyrrole nitrogens is 1. The summed E-state index contributed by atoms with van der Waals surface area (Å²) in [5.41, 5.74) is 6.57. The van der Waals surface area contributed by atoms with Crippen LogP contribution in [-0.2, 0) is 4.79 Å². The Bertz CT molecular complexity index is 2660. The maximum absolute atomic E-state index is 14.1. The van der Waals surface area contributed by atoms with Gasteiger partial charge in [0.15, 0.2) is 11.5 Å². The molecule has 8 heterocycles. The molecule has 0 spiro atoms. The number of piperazine rings is 1. The number of halogens is 2. The molecule has 4 aliphatic rings. The number of thiophene rings is 1. The lowest BCUT2D eigenvalue weighted by Crippen LogP contribution is -2.54. The zero-order valence-electron chi connectivity index (χ0n) is 34.6. The molecule has 0 unspecified atom stereocenters. The van der Waals surface area contributed by atoms with Crippen molar-refractivity contribution in [1.82, 2.24) is 44.5 Å². The molecule has 316 valence electrons. The van der Waals surface area contributed by atoms with Gasteiger partial charge in [0, 0.05) is 66.3 Å². The van der Waals surface area contributed by atoms with Crippen molar-refractivity contribution in [2.75, 3.05) is 51.3 Å². The number of anilines is 1. The Morgan fingerprint density at radius 1 is 0.918 bits per heavy atom. The Morgan fingerprint density at radius 2 is 1.69 bits per heavy atom. The van der Waals surface area contributed by atoms with Crippen molar-refractivity contribution in [3.05, 3.63) is 85.7 Å². The molecular weight excluding hydrogens is 834 g/mol. The normalized spacial score (nSPS) is 18.7. The number of aromatic amines is 1. The van der Waals surface area contributed by atoms with Crippen molar-refractivity contribution in [3.63, 3.8) is 0 Å². The van der Waals surface area contributed by atoms with Crippen LogP contribution in [0.1, 0.15) is 77.8 Å². The minimum absolute atomic E-state index is 0.0796. The van der Waals surface area contributed by atoms with Crippen LogP contribution in [0.4, 0.5) is 5.82 Å². The van der Waals surface area contributed by atoms with Crippen molar-refractivity contribution in [3.8, 4) is 28.1 Å². The van der Waals surface area contributed by atoms with Crippen LogP contribution in [0.2, 0.25) is 10.0 Å². The maximum Gasteiger partial charge on any atom is 0.296 e. The highest BCUT2D eigenvalue weighted by Crippen LogP contribution is 2.41. The first-order chi connectivity index (χ1) is 29.6. The van der Waals surface area contributed by atoms with Gasteiger partial charge in [0.2, 0.25) is 11.8 Å². The molecule has 5 aromatic heterocycles.